The van der Waals surface area contributed by atoms with E-state index >= 15 is 0 Å². The fourth-order valence-electron chi connectivity index (χ4n) is 5.80. The molecule has 0 radical (unpaired) electrons. The summed E-state index contributed by atoms with van der Waals surface area (Å²) in [6.45, 7) is 0. The summed E-state index contributed by atoms with van der Waals surface area (Å²) in [7, 11) is 0. The van der Waals surface area contributed by atoms with E-state index in [1.165, 1.54) is 49.2 Å². The number of fused-ring (bicyclic) bond motifs is 6. The predicted octanol–water partition coefficient (Wildman–Crippen LogP) is 8.94. The molecular formula is C35H23N3. The zero-order chi connectivity index (χ0) is 25.1. The minimum absolute atomic E-state index is 0.978. The van der Waals surface area contributed by atoms with E-state index < -0.39 is 0 Å². The Morgan fingerprint density at radius 1 is 0.474 bits per heavy atom. The van der Waals surface area contributed by atoms with Gasteiger partial charge in [-0.1, -0.05) is 72.8 Å². The lowest BCUT2D eigenvalue weighted by molar-refractivity contribution is 1.13. The smallest absolute Gasteiger partial charge is 0.0703 e. The Morgan fingerprint density at radius 2 is 1.24 bits per heavy atom. The number of benzene rings is 5. The van der Waals surface area contributed by atoms with E-state index in [2.05, 4.69) is 125 Å². The Balaban J connectivity index is 1.36. The Hall–Kier alpha value is -5.15. The predicted molar refractivity (Wildman–Crippen MR) is 158 cm³/mol. The molecule has 0 aliphatic rings. The third-order valence-electron chi connectivity index (χ3n) is 7.59. The summed E-state index contributed by atoms with van der Waals surface area (Å²) in [5, 5.41) is 6.26. The van der Waals surface area contributed by atoms with Crippen LogP contribution in [-0.4, -0.2) is 14.1 Å². The lowest BCUT2D eigenvalue weighted by Crippen LogP contribution is -1.95. The van der Waals surface area contributed by atoms with Crippen molar-refractivity contribution in [3.05, 3.63) is 140 Å². The van der Waals surface area contributed by atoms with Gasteiger partial charge >= 0.3 is 0 Å². The summed E-state index contributed by atoms with van der Waals surface area (Å²) in [5.74, 6) is 0. The van der Waals surface area contributed by atoms with E-state index in [1.54, 1.807) is 0 Å². The highest BCUT2D eigenvalue weighted by molar-refractivity contribution is 6.18. The maximum absolute atomic E-state index is 4.83. The molecule has 0 N–H and O–H groups in total. The molecule has 3 heteroatoms. The van der Waals surface area contributed by atoms with Gasteiger partial charge in [0.1, 0.15) is 0 Å². The van der Waals surface area contributed by atoms with Crippen LogP contribution in [-0.2, 0) is 0 Å². The fraction of sp³-hybridized carbons (Fsp3) is 0. The van der Waals surface area contributed by atoms with Gasteiger partial charge in [-0.2, -0.15) is 0 Å². The van der Waals surface area contributed by atoms with Crippen LogP contribution in [0.5, 0.6) is 0 Å². The van der Waals surface area contributed by atoms with Gasteiger partial charge in [0.25, 0.3) is 0 Å². The van der Waals surface area contributed by atoms with Crippen molar-refractivity contribution in [3.63, 3.8) is 0 Å². The molecule has 8 rings (SSSR count). The molecule has 38 heavy (non-hydrogen) atoms. The second-order valence-electron chi connectivity index (χ2n) is 9.73. The highest BCUT2D eigenvalue weighted by Gasteiger charge is 2.15. The first kappa shape index (κ1) is 21.0. The Morgan fingerprint density at radius 3 is 2.05 bits per heavy atom. The zero-order valence-corrected chi connectivity index (χ0v) is 20.6. The molecule has 178 valence electrons. The van der Waals surface area contributed by atoms with Crippen LogP contribution < -0.4 is 0 Å². The summed E-state index contributed by atoms with van der Waals surface area (Å²) in [4.78, 5) is 4.83. The molecule has 0 fully saturated rings. The van der Waals surface area contributed by atoms with Crippen molar-refractivity contribution in [2.75, 3.05) is 0 Å². The van der Waals surface area contributed by atoms with Crippen molar-refractivity contribution < 1.29 is 0 Å². The van der Waals surface area contributed by atoms with Crippen molar-refractivity contribution in [2.24, 2.45) is 0 Å². The van der Waals surface area contributed by atoms with E-state index in [9.17, 15) is 0 Å². The van der Waals surface area contributed by atoms with Crippen LogP contribution in [0.2, 0.25) is 0 Å². The molecule has 3 aromatic heterocycles. The Labute approximate surface area is 219 Å². The summed E-state index contributed by atoms with van der Waals surface area (Å²) < 4.78 is 4.60. The van der Waals surface area contributed by atoms with Crippen LogP contribution in [0.25, 0.3) is 66.1 Å². The molecule has 0 unspecified atom stereocenters. The second-order valence-corrected chi connectivity index (χ2v) is 9.73. The SMILES string of the molecule is c1ccc(-c2ccc(-n3c4ccccc4c4cc5c(ccc6c5ccn6-c5ccccc5)cc43)cn2)cc1. The maximum atomic E-state index is 4.83. The minimum atomic E-state index is 0.978. The van der Waals surface area contributed by atoms with Crippen LogP contribution in [0.3, 0.4) is 0 Å². The number of pyridine rings is 1. The maximum Gasteiger partial charge on any atom is 0.0703 e. The summed E-state index contributed by atoms with van der Waals surface area (Å²) >= 11 is 0. The molecule has 3 heterocycles. The summed E-state index contributed by atoms with van der Waals surface area (Å²) in [5.41, 5.74) is 7.93. The van der Waals surface area contributed by atoms with Crippen LogP contribution >= 0.6 is 0 Å². The van der Waals surface area contributed by atoms with Crippen molar-refractivity contribution in [1.82, 2.24) is 14.1 Å². The normalized spacial score (nSPS) is 11.7. The number of hydrogen-bond donors (Lipinski definition) is 0. The van der Waals surface area contributed by atoms with Gasteiger partial charge in [-0.05, 0) is 65.4 Å². The zero-order valence-electron chi connectivity index (χ0n) is 20.6. The number of para-hydroxylation sites is 2. The van der Waals surface area contributed by atoms with Crippen LogP contribution in [0.1, 0.15) is 0 Å². The molecule has 0 amide bonds. The molecule has 8 aromatic rings. The largest absolute Gasteiger partial charge is 0.317 e. The van der Waals surface area contributed by atoms with Gasteiger partial charge in [-0.3, -0.25) is 4.98 Å². The van der Waals surface area contributed by atoms with Gasteiger partial charge in [-0.15, -0.1) is 0 Å². The molecule has 0 atom stereocenters. The number of nitrogens with zero attached hydrogens (tertiary/aromatic N) is 3. The van der Waals surface area contributed by atoms with Gasteiger partial charge in [-0.25, -0.2) is 0 Å². The van der Waals surface area contributed by atoms with Crippen LogP contribution in [0.4, 0.5) is 0 Å². The van der Waals surface area contributed by atoms with E-state index in [4.69, 9.17) is 4.98 Å². The average molecular weight is 486 g/mol. The number of aromatic nitrogens is 3. The van der Waals surface area contributed by atoms with Crippen molar-refractivity contribution >= 4 is 43.5 Å². The average Bonchev–Trinajstić information content (AvgIpc) is 3.57. The lowest BCUT2D eigenvalue weighted by atomic mass is 10.0. The first-order chi connectivity index (χ1) is 18.8. The molecule has 0 bridgehead atoms. The highest BCUT2D eigenvalue weighted by atomic mass is 15.0. The fourth-order valence-corrected chi connectivity index (χ4v) is 5.80. The van der Waals surface area contributed by atoms with Gasteiger partial charge in [0.05, 0.1) is 34.1 Å². The Bertz CT molecular complexity index is 2100. The second kappa shape index (κ2) is 8.19. The lowest BCUT2D eigenvalue weighted by Gasteiger charge is -2.10. The molecular weight excluding hydrogens is 462 g/mol. The first-order valence-corrected chi connectivity index (χ1v) is 12.9. The van der Waals surface area contributed by atoms with E-state index in [0.29, 0.717) is 0 Å². The number of hydrogen-bond acceptors (Lipinski definition) is 1. The minimum Gasteiger partial charge on any atom is -0.317 e. The molecule has 0 saturated heterocycles. The third-order valence-corrected chi connectivity index (χ3v) is 7.59. The molecule has 0 spiro atoms. The summed E-state index contributed by atoms with van der Waals surface area (Å²) in [6, 6.07) is 45.2. The third kappa shape index (κ3) is 3.12. The first-order valence-electron chi connectivity index (χ1n) is 12.9. The monoisotopic (exact) mass is 485 g/mol. The van der Waals surface area contributed by atoms with Gasteiger partial charge in [0.2, 0.25) is 0 Å². The molecule has 0 saturated carbocycles. The van der Waals surface area contributed by atoms with Crippen LogP contribution in [0, 0.1) is 0 Å². The van der Waals surface area contributed by atoms with Gasteiger partial charge < -0.3 is 9.13 Å². The van der Waals surface area contributed by atoms with E-state index in [0.717, 1.165) is 16.9 Å². The standard InChI is InChI=1S/C35H23N3/c1-3-9-24(10-4-1)32-17-16-27(23-36-32)38-34-14-8-7-13-28(34)31-22-30-25(21-35(31)38)15-18-33-29(30)19-20-37(33)26-11-5-2-6-12-26/h1-23H. The van der Waals surface area contributed by atoms with Crippen LogP contribution in [0.15, 0.2) is 140 Å². The topological polar surface area (TPSA) is 22.8 Å². The molecule has 0 aliphatic carbocycles. The quantitative estimate of drug-likeness (QED) is 0.245. The molecule has 0 aliphatic heterocycles. The summed E-state index contributed by atoms with van der Waals surface area (Å²) in [6.07, 6.45) is 4.16. The molecule has 5 aromatic carbocycles. The van der Waals surface area contributed by atoms with Crippen molar-refractivity contribution in [2.45, 2.75) is 0 Å². The van der Waals surface area contributed by atoms with E-state index in [-0.39, 0.29) is 0 Å². The Kier molecular flexibility index (Phi) is 4.52. The van der Waals surface area contributed by atoms with Gasteiger partial charge in [0.15, 0.2) is 0 Å². The molecule has 3 nitrogen and oxygen atoms in total. The van der Waals surface area contributed by atoms with Crippen molar-refractivity contribution in [1.29, 1.82) is 0 Å². The van der Waals surface area contributed by atoms with E-state index in [1.807, 2.05) is 24.4 Å². The number of rotatable bonds is 3. The highest BCUT2D eigenvalue weighted by Crippen LogP contribution is 2.37. The van der Waals surface area contributed by atoms with Crippen molar-refractivity contribution in [3.8, 4) is 22.6 Å². The van der Waals surface area contributed by atoms with Gasteiger partial charge in [0, 0.05) is 33.6 Å².